The number of nitro groups is 1. The van der Waals surface area contributed by atoms with Gasteiger partial charge < -0.3 is 5.32 Å². The number of nitrogens with one attached hydrogen (secondary N) is 1. The molecule has 2 rings (SSSR count). The Morgan fingerprint density at radius 2 is 1.95 bits per heavy atom. The second-order valence-electron chi connectivity index (χ2n) is 4.36. The van der Waals surface area contributed by atoms with Gasteiger partial charge in [-0.25, -0.2) is 0 Å². The van der Waals surface area contributed by atoms with E-state index in [0.717, 1.165) is 4.90 Å². The second-order valence-corrected chi connectivity index (χ2v) is 5.47. The van der Waals surface area contributed by atoms with Crippen LogP contribution in [0.4, 0.5) is 11.4 Å². The third-order valence-electron chi connectivity index (χ3n) is 2.69. The highest BCUT2D eigenvalue weighted by Crippen LogP contribution is 2.35. The highest BCUT2D eigenvalue weighted by atomic mass is 32.2. The van der Waals surface area contributed by atoms with Crippen molar-refractivity contribution in [2.24, 2.45) is 0 Å². The molecule has 1 amide bonds. The van der Waals surface area contributed by atoms with E-state index in [9.17, 15) is 14.9 Å². The molecule has 7 heteroatoms. The Labute approximate surface area is 130 Å². The minimum atomic E-state index is -0.477. The molecule has 6 nitrogen and oxygen atoms in total. The Morgan fingerprint density at radius 3 is 2.50 bits per heavy atom. The van der Waals surface area contributed by atoms with Gasteiger partial charge in [0, 0.05) is 23.6 Å². The van der Waals surface area contributed by atoms with E-state index in [1.807, 2.05) is 6.07 Å². The van der Waals surface area contributed by atoms with Crippen molar-refractivity contribution in [1.29, 1.82) is 5.26 Å². The smallest absolute Gasteiger partial charge is 0.283 e. The van der Waals surface area contributed by atoms with Crippen LogP contribution in [0, 0.1) is 21.4 Å². The van der Waals surface area contributed by atoms with E-state index in [1.165, 1.54) is 36.9 Å². The van der Waals surface area contributed by atoms with Crippen molar-refractivity contribution in [1.82, 2.24) is 0 Å². The van der Waals surface area contributed by atoms with Crippen molar-refractivity contribution in [2.75, 3.05) is 5.32 Å². The first-order valence-electron chi connectivity index (χ1n) is 6.23. The number of rotatable bonds is 4. The molecule has 0 aliphatic carbocycles. The first kappa shape index (κ1) is 15.5. The van der Waals surface area contributed by atoms with E-state index in [1.54, 1.807) is 24.3 Å². The Kier molecular flexibility index (Phi) is 4.76. The fourth-order valence-corrected chi connectivity index (χ4v) is 2.71. The molecule has 110 valence electrons. The summed E-state index contributed by atoms with van der Waals surface area (Å²) >= 11 is 1.19. The Morgan fingerprint density at radius 1 is 1.27 bits per heavy atom. The molecule has 1 N–H and O–H groups in total. The Balaban J connectivity index is 2.28. The van der Waals surface area contributed by atoms with Crippen molar-refractivity contribution in [3.63, 3.8) is 0 Å². The van der Waals surface area contributed by atoms with E-state index < -0.39 is 4.92 Å². The summed E-state index contributed by atoms with van der Waals surface area (Å²) in [5.41, 5.74) is 0.968. The van der Waals surface area contributed by atoms with E-state index in [4.69, 9.17) is 5.26 Å². The van der Waals surface area contributed by atoms with Gasteiger partial charge in [-0.2, -0.15) is 5.26 Å². The molecule has 0 unspecified atom stereocenters. The van der Waals surface area contributed by atoms with Crippen LogP contribution in [0.2, 0.25) is 0 Å². The highest BCUT2D eigenvalue weighted by molar-refractivity contribution is 7.99. The van der Waals surface area contributed by atoms with Crippen molar-refractivity contribution in [3.05, 3.63) is 58.1 Å². The van der Waals surface area contributed by atoms with Crippen LogP contribution in [-0.4, -0.2) is 10.8 Å². The first-order valence-corrected chi connectivity index (χ1v) is 7.05. The Hall–Kier alpha value is -2.85. The number of nitro benzene ring substituents is 1. The minimum absolute atomic E-state index is 0.0464. The maximum atomic E-state index is 11.0. The molecule has 0 heterocycles. The molecule has 0 bridgehead atoms. The van der Waals surface area contributed by atoms with Crippen LogP contribution >= 0.6 is 11.8 Å². The van der Waals surface area contributed by atoms with Crippen LogP contribution < -0.4 is 5.32 Å². The topological polar surface area (TPSA) is 96.0 Å². The maximum absolute atomic E-state index is 11.0. The molecule has 0 aliphatic heterocycles. The average Bonchev–Trinajstić information content (AvgIpc) is 2.48. The predicted octanol–water partition coefficient (Wildman–Crippen LogP) is 3.58. The summed E-state index contributed by atoms with van der Waals surface area (Å²) in [6.07, 6.45) is 0. The number of carbonyl (C=O) groups is 1. The number of hydrogen-bond donors (Lipinski definition) is 1. The van der Waals surface area contributed by atoms with Gasteiger partial charge >= 0.3 is 0 Å². The molecule has 0 atom stereocenters. The fourth-order valence-electron chi connectivity index (χ4n) is 1.75. The maximum Gasteiger partial charge on any atom is 0.283 e. The van der Waals surface area contributed by atoms with Crippen molar-refractivity contribution < 1.29 is 9.72 Å². The molecule has 0 aromatic heterocycles. The third-order valence-corrected chi connectivity index (χ3v) is 3.74. The molecular formula is C15H11N3O3S. The molecule has 0 spiro atoms. The van der Waals surface area contributed by atoms with Crippen LogP contribution in [0.1, 0.15) is 12.5 Å². The van der Waals surface area contributed by atoms with Crippen LogP contribution in [0.5, 0.6) is 0 Å². The van der Waals surface area contributed by atoms with E-state index in [-0.39, 0.29) is 11.6 Å². The van der Waals surface area contributed by atoms with Crippen LogP contribution in [0.15, 0.2) is 52.3 Å². The summed E-state index contributed by atoms with van der Waals surface area (Å²) in [6, 6.07) is 13.1. The van der Waals surface area contributed by atoms with Gasteiger partial charge in [-0.3, -0.25) is 14.9 Å². The molecule has 0 saturated carbocycles. The van der Waals surface area contributed by atoms with E-state index >= 15 is 0 Å². The van der Waals surface area contributed by atoms with Gasteiger partial charge in [0.2, 0.25) is 5.91 Å². The van der Waals surface area contributed by atoms with Gasteiger partial charge in [-0.1, -0.05) is 11.8 Å². The third kappa shape index (κ3) is 3.84. The number of hydrogen-bond acceptors (Lipinski definition) is 5. The zero-order chi connectivity index (χ0) is 16.1. The number of nitriles is 1. The van der Waals surface area contributed by atoms with Crippen molar-refractivity contribution in [3.8, 4) is 6.07 Å². The zero-order valence-corrected chi connectivity index (χ0v) is 12.4. The van der Waals surface area contributed by atoms with Crippen LogP contribution in [0.25, 0.3) is 0 Å². The number of amides is 1. The predicted molar refractivity (Wildman–Crippen MR) is 82.7 cm³/mol. The molecule has 0 fully saturated rings. The molecule has 22 heavy (non-hydrogen) atoms. The highest BCUT2D eigenvalue weighted by Gasteiger charge is 2.15. The van der Waals surface area contributed by atoms with Gasteiger partial charge in [-0.15, -0.1) is 0 Å². The van der Waals surface area contributed by atoms with Crippen LogP contribution in [0.3, 0.4) is 0 Å². The first-order chi connectivity index (χ1) is 10.5. The van der Waals surface area contributed by atoms with Crippen LogP contribution in [-0.2, 0) is 4.79 Å². The zero-order valence-electron chi connectivity index (χ0n) is 11.6. The molecular weight excluding hydrogens is 302 g/mol. The standard InChI is InChI=1S/C15H11N3O3S/c1-10(19)17-12-3-5-13(6-4-12)22-15-8-11(9-16)2-7-14(15)18(20)21/h2-8H,1H3,(H,17,19). The molecule has 0 saturated heterocycles. The van der Waals surface area contributed by atoms with E-state index in [2.05, 4.69) is 5.32 Å². The molecule has 2 aromatic rings. The van der Waals surface area contributed by atoms with Gasteiger partial charge in [0.1, 0.15) is 0 Å². The SMILES string of the molecule is CC(=O)Nc1ccc(Sc2cc(C#N)ccc2[N+](=O)[O-])cc1. The lowest BCUT2D eigenvalue weighted by molar-refractivity contribution is -0.387. The number of nitrogens with zero attached hydrogens (tertiary/aromatic N) is 2. The normalized spacial score (nSPS) is 9.82. The average molecular weight is 313 g/mol. The van der Waals surface area contributed by atoms with Gasteiger partial charge in [0.25, 0.3) is 5.69 Å². The van der Waals surface area contributed by atoms with E-state index in [0.29, 0.717) is 16.1 Å². The lowest BCUT2D eigenvalue weighted by Gasteiger charge is -2.05. The molecule has 2 aromatic carbocycles. The van der Waals surface area contributed by atoms with Crippen molar-refractivity contribution >= 4 is 29.0 Å². The van der Waals surface area contributed by atoms with Gasteiger partial charge in [0.15, 0.2) is 0 Å². The fraction of sp³-hybridized carbons (Fsp3) is 0.0667. The summed E-state index contributed by atoms with van der Waals surface area (Å²) in [5, 5.41) is 22.6. The quantitative estimate of drug-likeness (QED) is 0.687. The summed E-state index contributed by atoms with van der Waals surface area (Å²) < 4.78 is 0. The summed E-state index contributed by atoms with van der Waals surface area (Å²) in [5.74, 6) is -0.169. The number of benzene rings is 2. The van der Waals surface area contributed by atoms with Gasteiger partial charge in [-0.05, 0) is 36.4 Å². The molecule has 0 radical (unpaired) electrons. The molecule has 0 aliphatic rings. The lowest BCUT2D eigenvalue weighted by atomic mass is 10.2. The van der Waals surface area contributed by atoms with Gasteiger partial charge in [0.05, 0.1) is 21.5 Å². The lowest BCUT2D eigenvalue weighted by Crippen LogP contribution is -2.05. The Bertz CT molecular complexity index is 767. The summed E-state index contributed by atoms with van der Waals surface area (Å²) in [4.78, 5) is 22.7. The second kappa shape index (κ2) is 6.74. The summed E-state index contributed by atoms with van der Waals surface area (Å²) in [6.45, 7) is 1.42. The van der Waals surface area contributed by atoms with Crippen molar-refractivity contribution in [2.45, 2.75) is 16.7 Å². The minimum Gasteiger partial charge on any atom is -0.326 e. The largest absolute Gasteiger partial charge is 0.326 e. The summed E-state index contributed by atoms with van der Waals surface area (Å²) in [7, 11) is 0. The monoisotopic (exact) mass is 313 g/mol. The number of anilines is 1. The number of carbonyl (C=O) groups excluding carboxylic acids is 1.